The molecular formula is C38H27N3S. The first-order valence-electron chi connectivity index (χ1n) is 13.9. The van der Waals surface area contributed by atoms with Crippen molar-refractivity contribution in [2.45, 2.75) is 6.92 Å². The number of benzene rings is 5. The average Bonchev–Trinajstić information content (AvgIpc) is 3.41. The van der Waals surface area contributed by atoms with E-state index in [2.05, 4.69) is 85.4 Å². The minimum atomic E-state index is 0.558. The molecule has 0 fully saturated rings. The van der Waals surface area contributed by atoms with Gasteiger partial charge in [-0.3, -0.25) is 0 Å². The van der Waals surface area contributed by atoms with E-state index in [4.69, 9.17) is 15.0 Å². The summed E-state index contributed by atoms with van der Waals surface area (Å²) < 4.78 is 2.63. The molecule has 0 bridgehead atoms. The maximum Gasteiger partial charge on any atom is 0.164 e. The fourth-order valence-electron chi connectivity index (χ4n) is 5.21. The summed E-state index contributed by atoms with van der Waals surface area (Å²) in [5.41, 5.74) is 4.86. The molecule has 42 heavy (non-hydrogen) atoms. The Kier molecular flexibility index (Phi) is 6.75. The van der Waals surface area contributed by atoms with E-state index in [9.17, 15) is 0 Å². The maximum absolute atomic E-state index is 4.89. The molecule has 0 atom stereocenters. The molecule has 4 heteroatoms. The molecule has 2 heterocycles. The molecule has 3 nitrogen and oxygen atoms in total. The van der Waals surface area contributed by atoms with Crippen LogP contribution in [0.3, 0.4) is 0 Å². The first kappa shape index (κ1) is 25.8. The van der Waals surface area contributed by atoms with Crippen molar-refractivity contribution >= 4 is 47.9 Å². The van der Waals surface area contributed by atoms with E-state index >= 15 is 0 Å². The van der Waals surface area contributed by atoms with E-state index in [0.29, 0.717) is 17.5 Å². The highest BCUT2D eigenvalue weighted by molar-refractivity contribution is 7.25. The Bertz CT molecular complexity index is 2170. The summed E-state index contributed by atoms with van der Waals surface area (Å²) >= 11 is 1.85. The molecule has 2 aromatic heterocycles. The third-order valence-electron chi connectivity index (χ3n) is 7.35. The van der Waals surface area contributed by atoms with Crippen LogP contribution >= 0.6 is 11.3 Å². The zero-order valence-electron chi connectivity index (χ0n) is 23.2. The minimum absolute atomic E-state index is 0.558. The summed E-state index contributed by atoms with van der Waals surface area (Å²) in [6, 6.07) is 38.4. The second-order valence-electron chi connectivity index (χ2n) is 10.2. The van der Waals surface area contributed by atoms with Gasteiger partial charge < -0.3 is 0 Å². The second kappa shape index (κ2) is 11.0. The van der Waals surface area contributed by atoms with Crippen molar-refractivity contribution < 1.29 is 0 Å². The van der Waals surface area contributed by atoms with Crippen LogP contribution in [-0.2, 0) is 0 Å². The van der Waals surface area contributed by atoms with Crippen molar-refractivity contribution in [3.8, 4) is 33.9 Å². The lowest BCUT2D eigenvalue weighted by Gasteiger charge is -2.10. The predicted molar refractivity (Wildman–Crippen MR) is 180 cm³/mol. The van der Waals surface area contributed by atoms with E-state index in [1.807, 2.05) is 72.9 Å². The SMILES string of the molecule is C=C(/C=C\C=C/C)c1nc(-c2ccccc2)nc(-c2cccc(-c3ccc4cc5c(cc4c3)sc3ccccc35)c2)n1. The molecule has 7 aromatic rings. The minimum Gasteiger partial charge on any atom is -0.208 e. The molecule has 0 aliphatic rings. The van der Waals surface area contributed by atoms with E-state index in [1.165, 1.54) is 30.9 Å². The number of aromatic nitrogens is 3. The van der Waals surface area contributed by atoms with Crippen molar-refractivity contribution in [3.05, 3.63) is 146 Å². The van der Waals surface area contributed by atoms with Gasteiger partial charge in [-0.2, -0.15) is 0 Å². The molecule has 0 saturated carbocycles. The molecule has 5 aromatic carbocycles. The Morgan fingerprint density at radius 3 is 2.19 bits per heavy atom. The molecular weight excluding hydrogens is 531 g/mol. The molecule has 0 unspecified atom stereocenters. The number of hydrogen-bond donors (Lipinski definition) is 0. The summed E-state index contributed by atoms with van der Waals surface area (Å²) in [6.45, 7) is 6.20. The number of rotatable bonds is 6. The summed E-state index contributed by atoms with van der Waals surface area (Å²) in [5, 5.41) is 5.11. The van der Waals surface area contributed by atoms with Gasteiger partial charge >= 0.3 is 0 Å². The van der Waals surface area contributed by atoms with Gasteiger partial charge in [0.25, 0.3) is 0 Å². The Morgan fingerprint density at radius 1 is 0.595 bits per heavy atom. The summed E-state index contributed by atoms with van der Waals surface area (Å²) in [6.07, 6.45) is 7.81. The lowest BCUT2D eigenvalue weighted by molar-refractivity contribution is 1.04. The third-order valence-corrected chi connectivity index (χ3v) is 8.48. The predicted octanol–water partition coefficient (Wildman–Crippen LogP) is 10.5. The van der Waals surface area contributed by atoms with Crippen LogP contribution in [0.4, 0.5) is 0 Å². The fraction of sp³-hybridized carbons (Fsp3) is 0.0263. The quantitative estimate of drug-likeness (QED) is 0.191. The maximum atomic E-state index is 4.89. The zero-order chi connectivity index (χ0) is 28.5. The molecule has 0 radical (unpaired) electrons. The van der Waals surface area contributed by atoms with Crippen molar-refractivity contribution in [2.75, 3.05) is 0 Å². The molecule has 0 N–H and O–H groups in total. The molecule has 0 amide bonds. The lowest BCUT2D eigenvalue weighted by atomic mass is 9.98. The smallest absolute Gasteiger partial charge is 0.164 e. The Balaban J connectivity index is 1.31. The fourth-order valence-corrected chi connectivity index (χ4v) is 6.34. The van der Waals surface area contributed by atoms with Crippen LogP contribution in [0.2, 0.25) is 0 Å². The van der Waals surface area contributed by atoms with Crippen molar-refractivity contribution in [1.29, 1.82) is 0 Å². The van der Waals surface area contributed by atoms with Crippen LogP contribution in [0.15, 0.2) is 140 Å². The molecule has 7 rings (SSSR count). The average molecular weight is 558 g/mol. The van der Waals surface area contributed by atoms with Gasteiger partial charge in [-0.05, 0) is 59.2 Å². The highest BCUT2D eigenvalue weighted by atomic mass is 32.1. The van der Waals surface area contributed by atoms with Gasteiger partial charge in [0.05, 0.1) is 0 Å². The third kappa shape index (κ3) is 4.93. The van der Waals surface area contributed by atoms with Crippen molar-refractivity contribution in [3.63, 3.8) is 0 Å². The topological polar surface area (TPSA) is 38.7 Å². The lowest BCUT2D eigenvalue weighted by Crippen LogP contribution is -2.02. The molecule has 0 aliphatic heterocycles. The van der Waals surface area contributed by atoms with Crippen LogP contribution in [0, 0.1) is 0 Å². The van der Waals surface area contributed by atoms with Crippen LogP contribution < -0.4 is 0 Å². The van der Waals surface area contributed by atoms with Gasteiger partial charge in [-0.1, -0.05) is 110 Å². The standard InChI is InChI=1S/C38H27N3S/c1-3-4-6-12-25(2)36-39-37(26-13-7-5-8-14-26)41-38(40-36)30-16-11-15-27(21-30)28-19-20-29-23-33-32-17-9-10-18-34(32)42-35(33)24-31(29)22-28/h3-24H,2H2,1H3/b4-3-,12-6-. The molecule has 200 valence electrons. The first-order chi connectivity index (χ1) is 20.7. The highest BCUT2D eigenvalue weighted by Crippen LogP contribution is 2.37. The van der Waals surface area contributed by atoms with E-state index in [-0.39, 0.29) is 0 Å². The summed E-state index contributed by atoms with van der Waals surface area (Å²) in [7, 11) is 0. The van der Waals surface area contributed by atoms with Gasteiger partial charge in [-0.25, -0.2) is 15.0 Å². The van der Waals surface area contributed by atoms with Gasteiger partial charge in [0.1, 0.15) is 0 Å². The van der Waals surface area contributed by atoms with Crippen LogP contribution in [0.5, 0.6) is 0 Å². The number of thiophene rings is 1. The highest BCUT2D eigenvalue weighted by Gasteiger charge is 2.13. The zero-order valence-corrected chi connectivity index (χ0v) is 24.0. The van der Waals surface area contributed by atoms with Crippen LogP contribution in [0.1, 0.15) is 12.7 Å². The van der Waals surface area contributed by atoms with Crippen LogP contribution in [-0.4, -0.2) is 15.0 Å². The largest absolute Gasteiger partial charge is 0.208 e. The van der Waals surface area contributed by atoms with E-state index in [0.717, 1.165) is 27.8 Å². The number of nitrogens with zero attached hydrogens (tertiary/aromatic N) is 3. The molecule has 0 saturated heterocycles. The van der Waals surface area contributed by atoms with E-state index < -0.39 is 0 Å². The second-order valence-corrected chi connectivity index (χ2v) is 11.3. The van der Waals surface area contributed by atoms with Gasteiger partial charge in [0, 0.05) is 36.9 Å². The Hall–Kier alpha value is -5.19. The monoisotopic (exact) mass is 557 g/mol. The van der Waals surface area contributed by atoms with Gasteiger partial charge in [0.15, 0.2) is 17.5 Å². The van der Waals surface area contributed by atoms with Gasteiger partial charge in [-0.15, -0.1) is 11.3 Å². The first-order valence-corrected chi connectivity index (χ1v) is 14.7. The number of fused-ring (bicyclic) bond motifs is 4. The molecule has 0 spiro atoms. The number of hydrogen-bond acceptors (Lipinski definition) is 4. The summed E-state index contributed by atoms with van der Waals surface area (Å²) in [5.74, 6) is 1.80. The Labute approximate surface area is 248 Å². The summed E-state index contributed by atoms with van der Waals surface area (Å²) in [4.78, 5) is 14.5. The Morgan fingerprint density at radius 2 is 1.33 bits per heavy atom. The van der Waals surface area contributed by atoms with Gasteiger partial charge in [0.2, 0.25) is 0 Å². The van der Waals surface area contributed by atoms with Crippen molar-refractivity contribution in [2.24, 2.45) is 0 Å². The van der Waals surface area contributed by atoms with Crippen molar-refractivity contribution in [1.82, 2.24) is 15.0 Å². The van der Waals surface area contributed by atoms with E-state index in [1.54, 1.807) is 0 Å². The number of allylic oxidation sites excluding steroid dienone is 5. The normalized spacial score (nSPS) is 11.8. The van der Waals surface area contributed by atoms with Crippen LogP contribution in [0.25, 0.3) is 70.4 Å². The molecule has 0 aliphatic carbocycles.